The van der Waals surface area contributed by atoms with E-state index in [1.54, 1.807) is 5.57 Å². The van der Waals surface area contributed by atoms with E-state index in [0.717, 1.165) is 18.8 Å². The first-order valence-electron chi connectivity index (χ1n) is 4.56. The van der Waals surface area contributed by atoms with Crippen LogP contribution in [0.5, 0.6) is 0 Å². The Balaban J connectivity index is 4.08. The average Bonchev–Trinajstić information content (AvgIpc) is 2.03. The molecule has 0 bridgehead atoms. The molecule has 0 aromatic carbocycles. The summed E-state index contributed by atoms with van der Waals surface area (Å²) in [6, 6.07) is 0. The molecule has 11 heavy (non-hydrogen) atoms. The van der Waals surface area contributed by atoms with Crippen molar-refractivity contribution in [1.82, 2.24) is 0 Å². The maximum absolute atomic E-state index is 3.76. The van der Waals surface area contributed by atoms with Crippen molar-refractivity contribution in [2.45, 2.75) is 40.0 Å². The van der Waals surface area contributed by atoms with Crippen molar-refractivity contribution in [3.63, 3.8) is 0 Å². The number of hydrogen-bond acceptors (Lipinski definition) is 0. The van der Waals surface area contributed by atoms with Gasteiger partial charge in [-0.3, -0.25) is 0 Å². The molecule has 0 aromatic heterocycles. The maximum Gasteiger partial charge on any atom is -0.0139 e. The molecule has 0 fully saturated rings. The Morgan fingerprint density at radius 3 is 2.45 bits per heavy atom. The van der Waals surface area contributed by atoms with Crippen LogP contribution in [0, 0.1) is 5.92 Å². The Labute approximate surface area is 71.0 Å². The number of allylic oxidation sites excluding steroid dienone is 3. The van der Waals surface area contributed by atoms with E-state index in [4.69, 9.17) is 0 Å². The molecule has 0 heteroatoms. The highest BCUT2D eigenvalue weighted by Gasteiger charge is 2.02. The van der Waals surface area contributed by atoms with E-state index in [2.05, 4.69) is 33.4 Å². The van der Waals surface area contributed by atoms with Crippen molar-refractivity contribution < 1.29 is 0 Å². The molecule has 0 nitrogen and oxygen atoms in total. The third kappa shape index (κ3) is 4.02. The molecule has 64 valence electrons. The van der Waals surface area contributed by atoms with Crippen molar-refractivity contribution >= 4 is 0 Å². The van der Waals surface area contributed by atoms with E-state index in [0.29, 0.717) is 0 Å². The lowest BCUT2D eigenvalue weighted by Crippen LogP contribution is -1.96. The van der Waals surface area contributed by atoms with Crippen LogP contribution in [0.25, 0.3) is 0 Å². The van der Waals surface area contributed by atoms with Crippen molar-refractivity contribution in [3.8, 4) is 0 Å². The average molecular weight is 152 g/mol. The summed E-state index contributed by atoms with van der Waals surface area (Å²) in [5.74, 6) is 0.730. The maximum atomic E-state index is 3.76. The molecule has 1 atom stereocenters. The van der Waals surface area contributed by atoms with Gasteiger partial charge in [-0.25, -0.2) is 0 Å². The molecule has 0 N–H and O–H groups in total. The first-order chi connectivity index (χ1) is 5.26. The van der Waals surface area contributed by atoms with E-state index in [1.807, 2.05) is 6.08 Å². The molecule has 0 rings (SSSR count). The minimum Gasteiger partial charge on any atom is -0.103 e. The van der Waals surface area contributed by atoms with Crippen molar-refractivity contribution in [3.05, 3.63) is 24.3 Å². The lowest BCUT2D eigenvalue weighted by Gasteiger charge is -2.11. The molecular formula is C11H20. The van der Waals surface area contributed by atoms with Gasteiger partial charge in [0.25, 0.3) is 0 Å². The minimum absolute atomic E-state index is 0.730. The second kappa shape index (κ2) is 6.21. The molecule has 0 aromatic rings. The molecule has 0 heterocycles. The predicted octanol–water partition coefficient (Wildman–Crippen LogP) is 3.95. The summed E-state index contributed by atoms with van der Waals surface area (Å²) in [5.41, 5.74) is 1.55. The molecule has 0 aliphatic rings. The SMILES string of the molecule is C=CCC(=CCC)C(C)CC. The number of hydrogen-bond donors (Lipinski definition) is 0. The summed E-state index contributed by atoms with van der Waals surface area (Å²) >= 11 is 0. The lowest BCUT2D eigenvalue weighted by molar-refractivity contribution is 0.638. The van der Waals surface area contributed by atoms with Gasteiger partial charge in [0.15, 0.2) is 0 Å². The summed E-state index contributed by atoms with van der Waals surface area (Å²) in [6.07, 6.45) is 7.76. The van der Waals surface area contributed by atoms with Crippen LogP contribution in [0.15, 0.2) is 24.3 Å². The van der Waals surface area contributed by atoms with E-state index >= 15 is 0 Å². The molecule has 0 saturated heterocycles. The Bertz CT molecular complexity index is 131. The standard InChI is InChI=1S/C11H20/c1-5-8-11(9-6-2)10(4)7-3/h5,9-10H,1,6-8H2,2-4H3. The Hall–Kier alpha value is -0.520. The zero-order chi connectivity index (χ0) is 8.69. The zero-order valence-corrected chi connectivity index (χ0v) is 8.06. The third-order valence-corrected chi connectivity index (χ3v) is 2.09. The lowest BCUT2D eigenvalue weighted by atomic mass is 9.95. The van der Waals surface area contributed by atoms with Gasteiger partial charge in [-0.1, -0.05) is 38.5 Å². The van der Waals surface area contributed by atoms with Gasteiger partial charge in [0.05, 0.1) is 0 Å². The molecule has 0 saturated carbocycles. The van der Waals surface area contributed by atoms with Gasteiger partial charge in [0.2, 0.25) is 0 Å². The Morgan fingerprint density at radius 1 is 1.45 bits per heavy atom. The molecule has 0 amide bonds. The molecule has 0 radical (unpaired) electrons. The summed E-state index contributed by atoms with van der Waals surface area (Å²) in [7, 11) is 0. The third-order valence-electron chi connectivity index (χ3n) is 2.09. The quantitative estimate of drug-likeness (QED) is 0.523. The molecule has 0 spiro atoms. The van der Waals surface area contributed by atoms with Crippen LogP contribution in [0.1, 0.15) is 40.0 Å². The predicted molar refractivity (Wildman–Crippen MR) is 52.6 cm³/mol. The molecule has 0 aliphatic carbocycles. The smallest absolute Gasteiger partial charge is 0.0139 e. The van der Waals surface area contributed by atoms with Crippen LogP contribution in [-0.4, -0.2) is 0 Å². The van der Waals surface area contributed by atoms with Crippen LogP contribution in [0.2, 0.25) is 0 Å². The highest BCUT2D eigenvalue weighted by atomic mass is 14.1. The van der Waals surface area contributed by atoms with Gasteiger partial charge >= 0.3 is 0 Å². The van der Waals surface area contributed by atoms with Gasteiger partial charge < -0.3 is 0 Å². The second-order valence-corrected chi connectivity index (χ2v) is 2.99. The van der Waals surface area contributed by atoms with E-state index in [-0.39, 0.29) is 0 Å². The fraction of sp³-hybridized carbons (Fsp3) is 0.636. The second-order valence-electron chi connectivity index (χ2n) is 2.99. The van der Waals surface area contributed by atoms with Crippen molar-refractivity contribution in [2.75, 3.05) is 0 Å². The Kier molecular flexibility index (Phi) is 5.91. The van der Waals surface area contributed by atoms with Crippen LogP contribution in [0.3, 0.4) is 0 Å². The summed E-state index contributed by atoms with van der Waals surface area (Å²) in [6.45, 7) is 10.5. The van der Waals surface area contributed by atoms with Crippen LogP contribution in [-0.2, 0) is 0 Å². The summed E-state index contributed by atoms with van der Waals surface area (Å²) in [5, 5.41) is 0. The highest BCUT2D eigenvalue weighted by molar-refractivity contribution is 5.09. The first kappa shape index (κ1) is 10.5. The fourth-order valence-corrected chi connectivity index (χ4v) is 1.18. The van der Waals surface area contributed by atoms with Gasteiger partial charge in [0, 0.05) is 0 Å². The fourth-order valence-electron chi connectivity index (χ4n) is 1.18. The van der Waals surface area contributed by atoms with Gasteiger partial charge in [0.1, 0.15) is 0 Å². The summed E-state index contributed by atoms with van der Waals surface area (Å²) in [4.78, 5) is 0. The number of rotatable bonds is 5. The van der Waals surface area contributed by atoms with Gasteiger partial charge in [-0.05, 0) is 25.2 Å². The van der Waals surface area contributed by atoms with Gasteiger partial charge in [-0.15, -0.1) is 6.58 Å². The largest absolute Gasteiger partial charge is 0.103 e. The highest BCUT2D eigenvalue weighted by Crippen LogP contribution is 2.18. The van der Waals surface area contributed by atoms with E-state index < -0.39 is 0 Å². The normalized spacial score (nSPS) is 14.6. The van der Waals surface area contributed by atoms with Gasteiger partial charge in [-0.2, -0.15) is 0 Å². The van der Waals surface area contributed by atoms with Crippen LogP contribution < -0.4 is 0 Å². The first-order valence-corrected chi connectivity index (χ1v) is 4.56. The van der Waals surface area contributed by atoms with Crippen LogP contribution >= 0.6 is 0 Å². The van der Waals surface area contributed by atoms with E-state index in [9.17, 15) is 0 Å². The van der Waals surface area contributed by atoms with Crippen molar-refractivity contribution in [2.24, 2.45) is 5.92 Å². The molecular weight excluding hydrogens is 132 g/mol. The topological polar surface area (TPSA) is 0 Å². The summed E-state index contributed by atoms with van der Waals surface area (Å²) < 4.78 is 0. The molecule has 0 aliphatic heterocycles. The van der Waals surface area contributed by atoms with Crippen LogP contribution in [0.4, 0.5) is 0 Å². The van der Waals surface area contributed by atoms with E-state index in [1.165, 1.54) is 6.42 Å². The Morgan fingerprint density at radius 2 is 2.09 bits per heavy atom. The zero-order valence-electron chi connectivity index (χ0n) is 8.06. The van der Waals surface area contributed by atoms with Crippen molar-refractivity contribution in [1.29, 1.82) is 0 Å². The monoisotopic (exact) mass is 152 g/mol. The minimum atomic E-state index is 0.730. The molecule has 1 unspecified atom stereocenters.